The van der Waals surface area contributed by atoms with E-state index in [9.17, 15) is 0 Å². The molecule has 0 aliphatic carbocycles. The lowest BCUT2D eigenvalue weighted by atomic mass is 10.0. The number of aromatic nitrogens is 1. The maximum atomic E-state index is 4.61. The van der Waals surface area contributed by atoms with E-state index in [1.807, 2.05) is 0 Å². The fourth-order valence-corrected chi connectivity index (χ4v) is 2.49. The third-order valence-corrected chi connectivity index (χ3v) is 4.15. The standard InChI is InChI=1S/C13H24N2S.ClH/c1-5-11(6-2)7-14-8-12-9-16-13(15-12)10(3)4;/h9-11,14H,5-8H2,1-4H3;1H. The molecule has 0 aliphatic heterocycles. The molecular formula is C13H25ClN2S. The van der Waals surface area contributed by atoms with Gasteiger partial charge in [0.25, 0.3) is 0 Å². The Bertz CT molecular complexity index is 295. The van der Waals surface area contributed by atoms with E-state index in [-0.39, 0.29) is 12.4 Å². The van der Waals surface area contributed by atoms with E-state index in [0.29, 0.717) is 5.92 Å². The lowest BCUT2D eigenvalue weighted by Crippen LogP contribution is -2.21. The van der Waals surface area contributed by atoms with Gasteiger partial charge in [0.2, 0.25) is 0 Å². The molecule has 0 atom stereocenters. The van der Waals surface area contributed by atoms with Crippen LogP contribution in [0.4, 0.5) is 0 Å². The van der Waals surface area contributed by atoms with Gasteiger partial charge in [-0.3, -0.25) is 0 Å². The molecule has 0 aliphatic rings. The molecule has 0 saturated heterocycles. The van der Waals surface area contributed by atoms with Crippen molar-refractivity contribution in [1.82, 2.24) is 10.3 Å². The van der Waals surface area contributed by atoms with Gasteiger partial charge in [0.15, 0.2) is 0 Å². The topological polar surface area (TPSA) is 24.9 Å². The van der Waals surface area contributed by atoms with Crippen molar-refractivity contribution in [3.8, 4) is 0 Å². The number of hydrogen-bond acceptors (Lipinski definition) is 3. The maximum absolute atomic E-state index is 4.61. The van der Waals surface area contributed by atoms with Gasteiger partial charge in [-0.15, -0.1) is 23.7 Å². The summed E-state index contributed by atoms with van der Waals surface area (Å²) in [6.45, 7) is 10.9. The highest BCUT2D eigenvalue weighted by atomic mass is 35.5. The van der Waals surface area contributed by atoms with E-state index in [1.165, 1.54) is 23.5 Å². The highest BCUT2D eigenvalue weighted by Gasteiger charge is 2.06. The summed E-state index contributed by atoms with van der Waals surface area (Å²) in [4.78, 5) is 4.61. The van der Waals surface area contributed by atoms with Crippen LogP contribution in [0.5, 0.6) is 0 Å². The fraction of sp³-hybridized carbons (Fsp3) is 0.769. The minimum Gasteiger partial charge on any atom is -0.311 e. The SMILES string of the molecule is CCC(CC)CNCc1csc(C(C)C)n1.Cl. The lowest BCUT2D eigenvalue weighted by Gasteiger charge is -2.12. The first-order valence-electron chi connectivity index (χ1n) is 6.32. The van der Waals surface area contributed by atoms with Crippen molar-refractivity contribution in [1.29, 1.82) is 0 Å². The molecular weight excluding hydrogens is 252 g/mol. The predicted octanol–water partition coefficient (Wildman–Crippen LogP) is 4.21. The Morgan fingerprint density at radius 3 is 2.41 bits per heavy atom. The maximum Gasteiger partial charge on any atom is 0.0954 e. The third kappa shape index (κ3) is 5.84. The molecule has 1 aromatic rings. The van der Waals surface area contributed by atoms with Crippen molar-refractivity contribution in [2.45, 2.75) is 53.0 Å². The van der Waals surface area contributed by atoms with Crippen molar-refractivity contribution in [2.75, 3.05) is 6.54 Å². The Kier molecular flexibility index (Phi) is 8.83. The van der Waals surface area contributed by atoms with Gasteiger partial charge in [0.05, 0.1) is 10.7 Å². The Hall–Kier alpha value is -0.120. The number of nitrogens with one attached hydrogen (secondary N) is 1. The van der Waals surface area contributed by atoms with E-state index in [4.69, 9.17) is 0 Å². The Morgan fingerprint density at radius 1 is 1.29 bits per heavy atom. The predicted molar refractivity (Wildman–Crippen MR) is 79.2 cm³/mol. The summed E-state index contributed by atoms with van der Waals surface area (Å²) in [5, 5.41) is 6.93. The summed E-state index contributed by atoms with van der Waals surface area (Å²) >= 11 is 1.78. The largest absolute Gasteiger partial charge is 0.311 e. The van der Waals surface area contributed by atoms with Gasteiger partial charge in [0.1, 0.15) is 0 Å². The molecule has 4 heteroatoms. The van der Waals surface area contributed by atoms with Crippen molar-refractivity contribution < 1.29 is 0 Å². The average molecular weight is 277 g/mol. The molecule has 0 bridgehead atoms. The van der Waals surface area contributed by atoms with Crippen LogP contribution in [0.15, 0.2) is 5.38 Å². The second-order valence-electron chi connectivity index (χ2n) is 4.65. The van der Waals surface area contributed by atoms with Gasteiger partial charge in [-0.05, 0) is 12.5 Å². The summed E-state index contributed by atoms with van der Waals surface area (Å²) in [6, 6.07) is 0. The monoisotopic (exact) mass is 276 g/mol. The molecule has 0 aromatic carbocycles. The van der Waals surface area contributed by atoms with Gasteiger partial charge in [0, 0.05) is 17.8 Å². The highest BCUT2D eigenvalue weighted by Crippen LogP contribution is 2.19. The first kappa shape index (κ1) is 16.9. The number of hydrogen-bond donors (Lipinski definition) is 1. The van der Waals surface area contributed by atoms with Crippen LogP contribution in [-0.4, -0.2) is 11.5 Å². The van der Waals surface area contributed by atoms with Crippen LogP contribution >= 0.6 is 23.7 Å². The molecule has 0 radical (unpaired) electrons. The second-order valence-corrected chi connectivity index (χ2v) is 5.53. The third-order valence-electron chi connectivity index (χ3n) is 2.96. The van der Waals surface area contributed by atoms with E-state index < -0.39 is 0 Å². The van der Waals surface area contributed by atoms with Gasteiger partial charge < -0.3 is 5.32 Å². The zero-order valence-corrected chi connectivity index (χ0v) is 13.0. The zero-order valence-electron chi connectivity index (χ0n) is 11.3. The van der Waals surface area contributed by atoms with Crippen molar-refractivity contribution in [3.05, 3.63) is 16.1 Å². The molecule has 1 aromatic heterocycles. The van der Waals surface area contributed by atoms with E-state index >= 15 is 0 Å². The Morgan fingerprint density at radius 2 is 1.94 bits per heavy atom. The Labute approximate surface area is 116 Å². The quantitative estimate of drug-likeness (QED) is 0.807. The molecule has 17 heavy (non-hydrogen) atoms. The van der Waals surface area contributed by atoms with Gasteiger partial charge in [-0.25, -0.2) is 4.98 Å². The molecule has 0 saturated carbocycles. The van der Waals surface area contributed by atoms with Crippen molar-refractivity contribution >= 4 is 23.7 Å². The molecule has 1 heterocycles. The summed E-state index contributed by atoms with van der Waals surface area (Å²) in [5.41, 5.74) is 1.19. The van der Waals surface area contributed by atoms with Crippen LogP contribution in [0.2, 0.25) is 0 Å². The van der Waals surface area contributed by atoms with E-state index in [0.717, 1.165) is 19.0 Å². The van der Waals surface area contributed by atoms with Crippen molar-refractivity contribution in [2.24, 2.45) is 5.92 Å². The van der Waals surface area contributed by atoms with Crippen LogP contribution in [0, 0.1) is 5.92 Å². The van der Waals surface area contributed by atoms with Gasteiger partial charge >= 0.3 is 0 Å². The molecule has 100 valence electrons. The molecule has 0 fully saturated rings. The highest BCUT2D eigenvalue weighted by molar-refractivity contribution is 7.09. The van der Waals surface area contributed by atoms with Gasteiger partial charge in [-0.1, -0.05) is 40.5 Å². The molecule has 1 N–H and O–H groups in total. The first-order chi connectivity index (χ1) is 7.67. The number of thiazole rings is 1. The van der Waals surface area contributed by atoms with Crippen LogP contribution in [0.3, 0.4) is 0 Å². The lowest BCUT2D eigenvalue weighted by molar-refractivity contribution is 0.448. The molecule has 0 unspecified atom stereocenters. The van der Waals surface area contributed by atoms with Gasteiger partial charge in [-0.2, -0.15) is 0 Å². The zero-order chi connectivity index (χ0) is 12.0. The van der Waals surface area contributed by atoms with Crippen LogP contribution < -0.4 is 5.32 Å². The summed E-state index contributed by atoms with van der Waals surface area (Å²) < 4.78 is 0. The number of rotatable bonds is 7. The molecule has 0 amide bonds. The smallest absolute Gasteiger partial charge is 0.0954 e. The minimum absolute atomic E-state index is 0. The van der Waals surface area contributed by atoms with E-state index in [2.05, 4.69) is 43.4 Å². The molecule has 0 spiro atoms. The Balaban J connectivity index is 0.00000256. The molecule has 1 rings (SSSR count). The molecule has 2 nitrogen and oxygen atoms in total. The van der Waals surface area contributed by atoms with E-state index in [1.54, 1.807) is 11.3 Å². The average Bonchev–Trinajstić information content (AvgIpc) is 2.73. The number of nitrogens with zero attached hydrogens (tertiary/aromatic N) is 1. The fourth-order valence-electron chi connectivity index (χ4n) is 1.65. The number of halogens is 1. The van der Waals surface area contributed by atoms with Crippen LogP contribution in [-0.2, 0) is 6.54 Å². The summed E-state index contributed by atoms with van der Waals surface area (Å²) in [5.74, 6) is 1.36. The van der Waals surface area contributed by atoms with Crippen molar-refractivity contribution in [3.63, 3.8) is 0 Å². The van der Waals surface area contributed by atoms with Crippen LogP contribution in [0.25, 0.3) is 0 Å². The minimum atomic E-state index is 0. The first-order valence-corrected chi connectivity index (χ1v) is 7.20. The summed E-state index contributed by atoms with van der Waals surface area (Å²) in [6.07, 6.45) is 2.52. The normalized spacial score (nSPS) is 10.9. The summed E-state index contributed by atoms with van der Waals surface area (Å²) in [7, 11) is 0. The van der Waals surface area contributed by atoms with Crippen LogP contribution in [0.1, 0.15) is 57.2 Å². The second kappa shape index (κ2) is 8.90.